The number of nitrogens with zero attached hydrogens (tertiary/aromatic N) is 1. The van der Waals surface area contributed by atoms with Crippen molar-refractivity contribution in [1.29, 1.82) is 0 Å². The fourth-order valence-electron chi connectivity index (χ4n) is 3.20. The average molecular weight is 388 g/mol. The van der Waals surface area contributed by atoms with Crippen molar-refractivity contribution in [2.45, 2.75) is 18.4 Å². The molecule has 0 aliphatic carbocycles. The highest BCUT2D eigenvalue weighted by Gasteiger charge is 2.39. The van der Waals surface area contributed by atoms with Crippen LogP contribution in [0.25, 0.3) is 0 Å². The highest BCUT2D eigenvalue weighted by molar-refractivity contribution is 5.64. The number of nitro groups is 1. The molecule has 0 aromatic heterocycles. The van der Waals surface area contributed by atoms with E-state index in [0.29, 0.717) is 28.4 Å². The van der Waals surface area contributed by atoms with Crippen LogP contribution in [-0.4, -0.2) is 38.6 Å². The predicted octanol–water partition coefficient (Wildman–Crippen LogP) is 2.55. The molecule has 148 valence electrons. The third kappa shape index (κ3) is 3.49. The molecule has 3 unspecified atom stereocenters. The highest BCUT2D eigenvalue weighted by atomic mass is 16.6. The van der Waals surface area contributed by atoms with Crippen molar-refractivity contribution in [3.05, 3.63) is 57.6 Å². The molecule has 0 amide bonds. The molecule has 1 aliphatic heterocycles. The van der Waals surface area contributed by atoms with Gasteiger partial charge in [-0.15, -0.1) is 0 Å². The topological polar surface area (TPSA) is 109 Å². The maximum atomic E-state index is 11.7. The summed E-state index contributed by atoms with van der Waals surface area (Å²) in [5.41, 5.74) is 1.26. The van der Waals surface area contributed by atoms with Crippen LogP contribution in [0.4, 0.5) is 5.69 Å². The number of carbonyl (C=O) groups is 1. The Morgan fingerprint density at radius 3 is 2.25 bits per heavy atom. The molecule has 3 atom stereocenters. The number of hydrogen-bond acceptors (Lipinski definition) is 8. The van der Waals surface area contributed by atoms with Gasteiger partial charge >= 0.3 is 0 Å². The second kappa shape index (κ2) is 8.24. The monoisotopic (exact) mass is 388 g/mol. The molecule has 1 N–H and O–H groups in total. The lowest BCUT2D eigenvalue weighted by atomic mass is 10.0. The Bertz CT molecular complexity index is 869. The summed E-state index contributed by atoms with van der Waals surface area (Å²) in [6.07, 6.45) is -0.502. The molecule has 1 aliphatic rings. The zero-order chi connectivity index (χ0) is 20.3. The molecular formula is C19H20N2O7. The fourth-order valence-corrected chi connectivity index (χ4v) is 3.20. The summed E-state index contributed by atoms with van der Waals surface area (Å²) in [5.74, 6) is 1.29. The van der Waals surface area contributed by atoms with E-state index in [4.69, 9.17) is 18.9 Å². The number of hydrogen-bond donors (Lipinski definition) is 1. The molecule has 28 heavy (non-hydrogen) atoms. The third-order valence-corrected chi connectivity index (χ3v) is 4.55. The summed E-state index contributed by atoms with van der Waals surface area (Å²) < 4.78 is 22.2. The van der Waals surface area contributed by atoms with E-state index in [-0.39, 0.29) is 5.69 Å². The van der Waals surface area contributed by atoms with Gasteiger partial charge in [0.15, 0.2) is 11.5 Å². The molecule has 9 nitrogen and oxygen atoms in total. The Morgan fingerprint density at radius 2 is 1.71 bits per heavy atom. The molecule has 3 rings (SSSR count). The number of non-ortho nitro benzene ring substituents is 1. The lowest BCUT2D eigenvalue weighted by Gasteiger charge is -2.20. The van der Waals surface area contributed by atoms with E-state index in [9.17, 15) is 14.9 Å². The Kier molecular flexibility index (Phi) is 5.76. The first-order valence-corrected chi connectivity index (χ1v) is 8.44. The quantitative estimate of drug-likeness (QED) is 0.438. The summed E-state index contributed by atoms with van der Waals surface area (Å²) in [7, 11) is 4.51. The Morgan fingerprint density at radius 1 is 1.04 bits per heavy atom. The van der Waals surface area contributed by atoms with Gasteiger partial charge in [0.25, 0.3) is 5.69 Å². The number of methoxy groups -OCH3 is 3. The highest BCUT2D eigenvalue weighted by Crippen LogP contribution is 2.46. The minimum absolute atomic E-state index is 0.0215. The van der Waals surface area contributed by atoms with Gasteiger partial charge in [0.2, 0.25) is 5.75 Å². The molecule has 1 saturated heterocycles. The second-order valence-electron chi connectivity index (χ2n) is 6.04. The van der Waals surface area contributed by atoms with Crippen LogP contribution in [0.3, 0.4) is 0 Å². The van der Waals surface area contributed by atoms with Crippen LogP contribution in [0.15, 0.2) is 36.4 Å². The summed E-state index contributed by atoms with van der Waals surface area (Å²) in [6, 6.07) is 8.77. The molecule has 2 aromatic rings. The minimum Gasteiger partial charge on any atom is -0.493 e. The molecule has 0 radical (unpaired) electrons. The maximum Gasteiger partial charge on any atom is 0.269 e. The number of rotatable bonds is 7. The Balaban J connectivity index is 1.94. The number of nitrogens with one attached hydrogen (secondary N) is 1. The molecule has 0 saturated carbocycles. The maximum absolute atomic E-state index is 11.7. The number of ether oxygens (including phenoxy) is 4. The number of carbonyl (C=O) groups excluding carboxylic acids is 1. The van der Waals surface area contributed by atoms with Gasteiger partial charge in [0, 0.05) is 17.7 Å². The molecule has 9 heteroatoms. The summed E-state index contributed by atoms with van der Waals surface area (Å²) in [4.78, 5) is 22.0. The minimum atomic E-state index is -0.646. The van der Waals surface area contributed by atoms with Gasteiger partial charge in [-0.1, -0.05) is 0 Å². The molecule has 1 heterocycles. The summed E-state index contributed by atoms with van der Waals surface area (Å²) >= 11 is 0. The first-order chi connectivity index (χ1) is 13.5. The molecular weight excluding hydrogens is 368 g/mol. The molecule has 2 aromatic carbocycles. The Labute approximate surface area is 161 Å². The molecule has 0 spiro atoms. The van der Waals surface area contributed by atoms with Gasteiger partial charge in [-0.05, 0) is 29.8 Å². The largest absolute Gasteiger partial charge is 0.493 e. The third-order valence-electron chi connectivity index (χ3n) is 4.55. The van der Waals surface area contributed by atoms with Crippen LogP contribution in [0, 0.1) is 10.1 Å². The predicted molar refractivity (Wildman–Crippen MR) is 98.7 cm³/mol. The molecule has 1 fully saturated rings. The lowest BCUT2D eigenvalue weighted by molar-refractivity contribution is -0.384. The smallest absolute Gasteiger partial charge is 0.269 e. The number of aldehydes is 1. The summed E-state index contributed by atoms with van der Waals surface area (Å²) in [5, 5.41) is 13.9. The first-order valence-electron chi connectivity index (χ1n) is 8.44. The van der Waals surface area contributed by atoms with Gasteiger partial charge in [-0.25, -0.2) is 0 Å². The summed E-state index contributed by atoms with van der Waals surface area (Å²) in [6.45, 7) is 0. The standard InChI is InChI=1S/C19H20N2O7/c1-25-15-9-8-13(17(26-2)18(15)27-3)16-14(10-22)20-19(28-16)11-4-6-12(7-5-11)21(23)24/h4-10,14,16,19-20H,1-3H3. The normalized spacial score (nSPS) is 21.2. The van der Waals surface area contributed by atoms with E-state index >= 15 is 0 Å². The zero-order valence-corrected chi connectivity index (χ0v) is 15.6. The van der Waals surface area contributed by atoms with Crippen molar-refractivity contribution < 1.29 is 28.7 Å². The zero-order valence-electron chi connectivity index (χ0n) is 15.6. The first kappa shape index (κ1) is 19.6. The fraction of sp³-hybridized carbons (Fsp3) is 0.316. The van der Waals surface area contributed by atoms with Crippen LogP contribution in [0.1, 0.15) is 23.5 Å². The van der Waals surface area contributed by atoms with Crippen molar-refractivity contribution in [2.75, 3.05) is 21.3 Å². The Hall–Kier alpha value is -3.17. The van der Waals surface area contributed by atoms with Crippen molar-refractivity contribution in [2.24, 2.45) is 0 Å². The number of benzene rings is 2. The van der Waals surface area contributed by atoms with Crippen LogP contribution in [0.5, 0.6) is 17.2 Å². The van der Waals surface area contributed by atoms with Gasteiger partial charge in [-0.3, -0.25) is 15.4 Å². The SMILES string of the molecule is COc1ccc(C2OC(c3ccc([N+](=O)[O-])cc3)NC2C=O)c(OC)c1OC. The second-order valence-corrected chi connectivity index (χ2v) is 6.04. The van der Waals surface area contributed by atoms with Crippen molar-refractivity contribution in [1.82, 2.24) is 5.32 Å². The van der Waals surface area contributed by atoms with E-state index in [1.807, 2.05) is 0 Å². The van der Waals surface area contributed by atoms with Crippen molar-refractivity contribution in [3.8, 4) is 17.2 Å². The van der Waals surface area contributed by atoms with E-state index in [1.54, 1.807) is 24.3 Å². The van der Waals surface area contributed by atoms with E-state index < -0.39 is 23.3 Å². The van der Waals surface area contributed by atoms with Crippen LogP contribution in [-0.2, 0) is 9.53 Å². The van der Waals surface area contributed by atoms with Crippen LogP contribution < -0.4 is 19.5 Å². The average Bonchev–Trinajstić information content (AvgIpc) is 3.16. The van der Waals surface area contributed by atoms with Gasteiger partial charge in [-0.2, -0.15) is 0 Å². The lowest BCUT2D eigenvalue weighted by Crippen LogP contribution is -2.29. The van der Waals surface area contributed by atoms with Crippen molar-refractivity contribution >= 4 is 12.0 Å². The van der Waals surface area contributed by atoms with E-state index in [2.05, 4.69) is 5.32 Å². The number of nitro benzene ring substituents is 1. The van der Waals surface area contributed by atoms with Gasteiger partial charge in [0.05, 0.1) is 32.3 Å². The molecule has 0 bridgehead atoms. The van der Waals surface area contributed by atoms with Gasteiger partial charge in [0.1, 0.15) is 18.6 Å². The van der Waals surface area contributed by atoms with Crippen LogP contribution in [0.2, 0.25) is 0 Å². The van der Waals surface area contributed by atoms with Gasteiger partial charge < -0.3 is 23.7 Å². The van der Waals surface area contributed by atoms with E-state index in [0.717, 1.165) is 6.29 Å². The van der Waals surface area contributed by atoms with Crippen molar-refractivity contribution in [3.63, 3.8) is 0 Å². The van der Waals surface area contributed by atoms with E-state index in [1.165, 1.54) is 33.5 Å². The van der Waals surface area contributed by atoms with Crippen LogP contribution >= 0.6 is 0 Å².